The Hall–Kier alpha value is -0.290. The van der Waals surface area contributed by atoms with Gasteiger partial charge in [-0.05, 0) is 23.2 Å². The lowest BCUT2D eigenvalue weighted by Crippen LogP contribution is -1.89. The van der Waals surface area contributed by atoms with Gasteiger partial charge in [0.2, 0.25) is 0 Å². The molecule has 0 aromatic heterocycles. The number of rotatable bonds is 1. The van der Waals surface area contributed by atoms with Gasteiger partial charge < -0.3 is 9.66 Å². The third-order valence-electron chi connectivity index (χ3n) is 1.17. The van der Waals surface area contributed by atoms with Crippen molar-refractivity contribution in [2.75, 3.05) is 0 Å². The summed E-state index contributed by atoms with van der Waals surface area (Å²) in [6.07, 6.45) is 0. The van der Waals surface area contributed by atoms with Gasteiger partial charge in [0, 0.05) is 5.02 Å². The van der Waals surface area contributed by atoms with Crippen molar-refractivity contribution >= 4 is 34.3 Å². The summed E-state index contributed by atoms with van der Waals surface area (Å²) in [7, 11) is 0. The molecule has 0 saturated carbocycles. The molecule has 12 heavy (non-hydrogen) atoms. The summed E-state index contributed by atoms with van der Waals surface area (Å²) >= 11 is 8.42. The summed E-state index contributed by atoms with van der Waals surface area (Å²) in [4.78, 5) is -0.299. The Morgan fingerprint density at radius 2 is 2.00 bits per heavy atom. The van der Waals surface area contributed by atoms with Crippen LogP contribution in [0, 0.1) is 0 Å². The smallest absolute Gasteiger partial charge is 0.149 e. The normalized spacial score (nSPS) is 12.9. The molecule has 0 aliphatic rings. The largest absolute Gasteiger partial charge is 0.768 e. The molecule has 0 radical (unpaired) electrons. The first-order valence-corrected chi connectivity index (χ1v) is 4.62. The van der Waals surface area contributed by atoms with Crippen LogP contribution in [0.25, 0.3) is 0 Å². The number of phenolic OH excluding ortho intramolecular Hbond substituents is 1. The Morgan fingerprint density at radius 3 is 2.50 bits per heavy atom. The minimum Gasteiger partial charge on any atom is -0.768 e. The van der Waals surface area contributed by atoms with Gasteiger partial charge in [-0.25, -0.2) is 0 Å². The van der Waals surface area contributed by atoms with Crippen molar-refractivity contribution in [2.45, 2.75) is 4.90 Å². The molecular formula is C6H3Cl2O3S-. The molecule has 66 valence electrons. The molecule has 1 rings (SSSR count). The molecule has 1 aromatic rings. The van der Waals surface area contributed by atoms with Crippen LogP contribution >= 0.6 is 23.2 Å². The molecule has 3 nitrogen and oxygen atoms in total. The molecule has 0 heterocycles. The second kappa shape index (κ2) is 3.62. The highest BCUT2D eigenvalue weighted by atomic mass is 35.5. The van der Waals surface area contributed by atoms with Gasteiger partial charge in [0.25, 0.3) is 0 Å². The van der Waals surface area contributed by atoms with Crippen LogP contribution in [0.5, 0.6) is 5.75 Å². The molecular weight excluding hydrogens is 223 g/mol. The Bertz CT molecular complexity index is 340. The van der Waals surface area contributed by atoms with Gasteiger partial charge in [0.15, 0.2) is 0 Å². The second-order valence-electron chi connectivity index (χ2n) is 1.97. The van der Waals surface area contributed by atoms with Crippen LogP contribution in [0.15, 0.2) is 17.0 Å². The fraction of sp³-hybridized carbons (Fsp3) is 0. The van der Waals surface area contributed by atoms with Gasteiger partial charge >= 0.3 is 0 Å². The van der Waals surface area contributed by atoms with E-state index in [9.17, 15) is 8.76 Å². The standard InChI is InChI=1S/C6H4Cl2O3S/c7-3-1-4(8)6(9)5(2-3)12(10)11/h1-2,9H,(H,10,11)/p-1. The quantitative estimate of drug-likeness (QED) is 0.744. The first kappa shape index (κ1) is 9.80. The number of halogens is 2. The van der Waals surface area contributed by atoms with E-state index in [4.69, 9.17) is 28.3 Å². The first-order chi connectivity index (χ1) is 5.52. The minimum atomic E-state index is -2.53. The molecule has 0 fully saturated rings. The van der Waals surface area contributed by atoms with Crippen LogP contribution in [0.3, 0.4) is 0 Å². The van der Waals surface area contributed by atoms with Crippen molar-refractivity contribution in [1.29, 1.82) is 0 Å². The van der Waals surface area contributed by atoms with Crippen LogP contribution in [-0.4, -0.2) is 13.9 Å². The molecule has 0 amide bonds. The number of benzene rings is 1. The average molecular weight is 226 g/mol. The van der Waals surface area contributed by atoms with Crippen LogP contribution in [0.1, 0.15) is 0 Å². The van der Waals surface area contributed by atoms with E-state index in [1.54, 1.807) is 0 Å². The predicted octanol–water partition coefficient (Wildman–Crippen LogP) is 1.94. The summed E-state index contributed by atoms with van der Waals surface area (Å²) in [5.74, 6) is -0.477. The summed E-state index contributed by atoms with van der Waals surface area (Å²) in [6.45, 7) is 0. The topological polar surface area (TPSA) is 60.4 Å². The second-order valence-corrected chi connectivity index (χ2v) is 3.72. The third-order valence-corrected chi connectivity index (χ3v) is 2.35. The molecule has 0 saturated heterocycles. The predicted molar refractivity (Wildman–Crippen MR) is 45.3 cm³/mol. The van der Waals surface area contributed by atoms with E-state index in [-0.39, 0.29) is 14.9 Å². The maximum atomic E-state index is 10.4. The zero-order chi connectivity index (χ0) is 9.30. The van der Waals surface area contributed by atoms with E-state index >= 15 is 0 Å². The Morgan fingerprint density at radius 1 is 1.42 bits per heavy atom. The number of aromatic hydroxyl groups is 1. The summed E-state index contributed by atoms with van der Waals surface area (Å²) < 4.78 is 20.9. The minimum absolute atomic E-state index is 0.0818. The Balaban J connectivity index is 3.37. The van der Waals surface area contributed by atoms with Crippen LogP contribution < -0.4 is 0 Å². The fourth-order valence-corrected chi connectivity index (χ4v) is 1.77. The van der Waals surface area contributed by atoms with Crippen molar-refractivity contribution in [3.63, 3.8) is 0 Å². The van der Waals surface area contributed by atoms with Crippen LogP contribution in [-0.2, 0) is 11.1 Å². The lowest BCUT2D eigenvalue weighted by molar-refractivity contribution is 0.455. The van der Waals surface area contributed by atoms with E-state index in [0.717, 1.165) is 6.07 Å². The molecule has 1 unspecified atom stereocenters. The van der Waals surface area contributed by atoms with Gasteiger partial charge in [0.1, 0.15) is 5.75 Å². The number of hydrogen-bond donors (Lipinski definition) is 1. The monoisotopic (exact) mass is 225 g/mol. The average Bonchev–Trinajstić information content (AvgIpc) is 1.96. The summed E-state index contributed by atoms with van der Waals surface area (Å²) in [5.41, 5.74) is 0. The van der Waals surface area contributed by atoms with Gasteiger partial charge in [-0.2, -0.15) is 0 Å². The van der Waals surface area contributed by atoms with Crippen LogP contribution in [0.4, 0.5) is 0 Å². The SMILES string of the molecule is O=S([O-])c1cc(Cl)cc(Cl)c1O. The zero-order valence-electron chi connectivity index (χ0n) is 5.58. The molecule has 1 aromatic carbocycles. The highest BCUT2D eigenvalue weighted by Crippen LogP contribution is 2.32. The molecule has 0 aliphatic heterocycles. The first-order valence-electron chi connectivity index (χ1n) is 2.79. The maximum Gasteiger partial charge on any atom is 0.149 e. The fourth-order valence-electron chi connectivity index (χ4n) is 0.669. The van der Waals surface area contributed by atoms with Gasteiger partial charge in [-0.15, -0.1) is 0 Å². The van der Waals surface area contributed by atoms with E-state index in [1.807, 2.05) is 0 Å². The van der Waals surface area contributed by atoms with E-state index in [1.165, 1.54) is 6.07 Å². The molecule has 6 heteroatoms. The van der Waals surface area contributed by atoms with E-state index in [0.29, 0.717) is 0 Å². The zero-order valence-corrected chi connectivity index (χ0v) is 7.91. The molecule has 1 N–H and O–H groups in total. The van der Waals surface area contributed by atoms with Gasteiger partial charge in [0.05, 0.1) is 9.92 Å². The van der Waals surface area contributed by atoms with Crippen molar-refractivity contribution in [2.24, 2.45) is 0 Å². The Labute approximate surface area is 81.2 Å². The van der Waals surface area contributed by atoms with Crippen molar-refractivity contribution in [3.8, 4) is 5.75 Å². The van der Waals surface area contributed by atoms with Gasteiger partial charge in [-0.3, -0.25) is 4.21 Å². The van der Waals surface area contributed by atoms with Crippen molar-refractivity contribution in [3.05, 3.63) is 22.2 Å². The number of hydrogen-bond acceptors (Lipinski definition) is 3. The van der Waals surface area contributed by atoms with E-state index < -0.39 is 16.8 Å². The van der Waals surface area contributed by atoms with E-state index in [2.05, 4.69) is 0 Å². The summed E-state index contributed by atoms with van der Waals surface area (Å²) in [5, 5.41) is 9.19. The lowest BCUT2D eigenvalue weighted by atomic mass is 10.3. The maximum absolute atomic E-state index is 10.4. The molecule has 0 spiro atoms. The number of phenols is 1. The molecule has 1 atom stereocenters. The highest BCUT2D eigenvalue weighted by Gasteiger charge is 2.07. The van der Waals surface area contributed by atoms with Crippen molar-refractivity contribution < 1.29 is 13.9 Å². The molecule has 0 aliphatic carbocycles. The van der Waals surface area contributed by atoms with Gasteiger partial charge in [-0.1, -0.05) is 23.2 Å². The van der Waals surface area contributed by atoms with Crippen molar-refractivity contribution in [1.82, 2.24) is 0 Å². The molecule has 0 bridgehead atoms. The summed E-state index contributed by atoms with van der Waals surface area (Å²) in [6, 6.07) is 2.38. The third kappa shape index (κ3) is 1.90. The highest BCUT2D eigenvalue weighted by molar-refractivity contribution is 7.79. The van der Waals surface area contributed by atoms with Crippen LogP contribution in [0.2, 0.25) is 10.0 Å². The Kier molecular flexibility index (Phi) is 2.95. The lowest BCUT2D eigenvalue weighted by Gasteiger charge is -2.08.